The molecule has 0 spiro atoms. The molecule has 1 aliphatic heterocycles. The molecule has 0 aromatic heterocycles. The molecule has 0 bridgehead atoms. The summed E-state index contributed by atoms with van der Waals surface area (Å²) in [5.74, 6) is -0.00694. The molecular weight excluding hydrogens is 243 g/mol. The molecule has 16 heavy (non-hydrogen) atoms. The minimum atomic E-state index is -3.47. The van der Waals surface area contributed by atoms with Gasteiger partial charge in [0.15, 0.2) is 0 Å². The van der Waals surface area contributed by atoms with Crippen molar-refractivity contribution in [1.29, 1.82) is 0 Å². The average molecular weight is 261 g/mol. The van der Waals surface area contributed by atoms with Gasteiger partial charge in [-0.3, -0.25) is 9.08 Å². The summed E-state index contributed by atoms with van der Waals surface area (Å²) >= 11 is 0. The van der Waals surface area contributed by atoms with Crippen LogP contribution in [0.15, 0.2) is 0 Å². The Morgan fingerprint density at radius 2 is 1.94 bits per heavy atom. The molecule has 0 amide bonds. The monoisotopic (exact) mass is 261 g/mol. The SMILES string of the molecule is O=S(=O)(CCN1CCNCC1)OCCO.[Na]. The second-order valence-corrected chi connectivity index (χ2v) is 5.16. The molecule has 1 radical (unpaired) electrons. The first-order valence-corrected chi connectivity index (χ1v) is 6.63. The Bertz CT molecular complexity index is 267. The van der Waals surface area contributed by atoms with E-state index in [1.54, 1.807) is 0 Å². The molecule has 1 saturated heterocycles. The van der Waals surface area contributed by atoms with Gasteiger partial charge in [-0.05, 0) is 0 Å². The van der Waals surface area contributed by atoms with Crippen LogP contribution in [0.3, 0.4) is 0 Å². The number of piperazine rings is 1. The first-order chi connectivity index (χ1) is 7.14. The molecular formula is C8H18N2NaO4S. The number of aliphatic hydroxyl groups is 1. The molecule has 6 nitrogen and oxygen atoms in total. The van der Waals surface area contributed by atoms with E-state index in [4.69, 9.17) is 5.11 Å². The number of rotatable bonds is 6. The van der Waals surface area contributed by atoms with Crippen molar-refractivity contribution in [2.45, 2.75) is 0 Å². The molecule has 8 heteroatoms. The van der Waals surface area contributed by atoms with Gasteiger partial charge < -0.3 is 10.4 Å². The topological polar surface area (TPSA) is 78.9 Å². The number of aliphatic hydroxyl groups excluding tert-OH is 1. The van der Waals surface area contributed by atoms with E-state index in [0.717, 1.165) is 26.2 Å². The quantitative estimate of drug-likeness (QED) is 0.419. The summed E-state index contributed by atoms with van der Waals surface area (Å²) in [4.78, 5) is 2.08. The van der Waals surface area contributed by atoms with Gasteiger partial charge in [-0.2, -0.15) is 8.42 Å². The molecule has 0 unspecified atom stereocenters. The summed E-state index contributed by atoms with van der Waals surface area (Å²) in [5.41, 5.74) is 0. The van der Waals surface area contributed by atoms with Crippen LogP contribution in [0, 0.1) is 0 Å². The predicted octanol–water partition coefficient (Wildman–Crippen LogP) is -2.15. The Morgan fingerprint density at radius 1 is 1.31 bits per heavy atom. The second kappa shape index (κ2) is 8.82. The standard InChI is InChI=1S/C8H18N2O4S.Na/c11-6-7-14-15(12,13)8-5-10-3-1-9-2-4-10;/h9,11H,1-8H2;. The number of nitrogens with one attached hydrogen (secondary N) is 1. The third-order valence-electron chi connectivity index (χ3n) is 2.22. The minimum Gasteiger partial charge on any atom is -0.394 e. The normalized spacial score (nSPS) is 18.1. The van der Waals surface area contributed by atoms with Crippen LogP contribution in [0.4, 0.5) is 0 Å². The first-order valence-electron chi connectivity index (χ1n) is 5.05. The van der Waals surface area contributed by atoms with E-state index >= 15 is 0 Å². The Kier molecular flexibility index (Phi) is 9.25. The van der Waals surface area contributed by atoms with Gasteiger partial charge in [0.1, 0.15) is 0 Å². The van der Waals surface area contributed by atoms with Crippen LogP contribution in [0.25, 0.3) is 0 Å². The minimum absolute atomic E-state index is 0. The zero-order chi connectivity index (χ0) is 11.1. The third kappa shape index (κ3) is 7.18. The van der Waals surface area contributed by atoms with Gasteiger partial charge in [-0.1, -0.05) is 0 Å². The summed E-state index contributed by atoms with van der Waals surface area (Å²) in [6, 6.07) is 0. The van der Waals surface area contributed by atoms with Gasteiger partial charge in [-0.25, -0.2) is 0 Å². The maximum Gasteiger partial charge on any atom is 0.268 e. The van der Waals surface area contributed by atoms with E-state index in [2.05, 4.69) is 14.4 Å². The van der Waals surface area contributed by atoms with Crippen molar-refractivity contribution in [1.82, 2.24) is 10.2 Å². The molecule has 1 rings (SSSR count). The van der Waals surface area contributed by atoms with Gasteiger partial charge in [0.25, 0.3) is 10.1 Å². The fourth-order valence-electron chi connectivity index (χ4n) is 1.40. The molecule has 0 aromatic carbocycles. The van der Waals surface area contributed by atoms with Gasteiger partial charge in [0.05, 0.1) is 19.0 Å². The fourth-order valence-corrected chi connectivity index (χ4v) is 2.33. The molecule has 0 aliphatic carbocycles. The van der Waals surface area contributed by atoms with Crippen molar-refractivity contribution in [2.75, 3.05) is 51.7 Å². The Hall–Kier alpha value is 0.790. The van der Waals surface area contributed by atoms with Gasteiger partial charge in [0.2, 0.25) is 0 Å². The van der Waals surface area contributed by atoms with E-state index in [9.17, 15) is 8.42 Å². The van der Waals surface area contributed by atoms with E-state index < -0.39 is 10.1 Å². The van der Waals surface area contributed by atoms with Crippen LogP contribution in [0.2, 0.25) is 0 Å². The van der Waals surface area contributed by atoms with Crippen LogP contribution < -0.4 is 5.32 Å². The Balaban J connectivity index is 0.00000225. The number of nitrogens with zero attached hydrogens (tertiary/aromatic N) is 1. The Labute approximate surface area is 119 Å². The van der Waals surface area contributed by atoms with Gasteiger partial charge in [-0.15, -0.1) is 0 Å². The van der Waals surface area contributed by atoms with E-state index in [1.165, 1.54) is 0 Å². The average Bonchev–Trinajstić information content (AvgIpc) is 2.25. The molecule has 0 aromatic rings. The van der Waals surface area contributed by atoms with E-state index in [-0.39, 0.29) is 48.5 Å². The third-order valence-corrected chi connectivity index (χ3v) is 3.43. The van der Waals surface area contributed by atoms with Crippen LogP contribution in [-0.2, 0) is 14.3 Å². The number of hydrogen-bond donors (Lipinski definition) is 2. The van der Waals surface area contributed by atoms with Crippen molar-refractivity contribution in [3.05, 3.63) is 0 Å². The molecule has 0 saturated carbocycles. The van der Waals surface area contributed by atoms with Crippen LogP contribution in [0.1, 0.15) is 0 Å². The summed E-state index contributed by atoms with van der Waals surface area (Å²) in [5, 5.41) is 11.6. The zero-order valence-corrected chi connectivity index (χ0v) is 12.5. The predicted molar refractivity (Wildman–Crippen MR) is 61.9 cm³/mol. The smallest absolute Gasteiger partial charge is 0.268 e. The molecule has 2 N–H and O–H groups in total. The van der Waals surface area contributed by atoms with Crippen LogP contribution in [0.5, 0.6) is 0 Å². The molecule has 1 heterocycles. The maximum absolute atomic E-state index is 11.3. The van der Waals surface area contributed by atoms with E-state index in [0.29, 0.717) is 6.54 Å². The van der Waals surface area contributed by atoms with Crippen molar-refractivity contribution in [3.8, 4) is 0 Å². The largest absolute Gasteiger partial charge is 0.394 e. The van der Waals surface area contributed by atoms with Crippen molar-refractivity contribution < 1.29 is 17.7 Å². The van der Waals surface area contributed by atoms with E-state index in [1.807, 2.05) is 0 Å². The summed E-state index contributed by atoms with van der Waals surface area (Å²) in [7, 11) is -3.47. The first kappa shape index (κ1) is 16.8. The second-order valence-electron chi connectivity index (χ2n) is 3.40. The fraction of sp³-hybridized carbons (Fsp3) is 1.00. The summed E-state index contributed by atoms with van der Waals surface area (Å²) in [6.07, 6.45) is 0. The molecule has 1 aliphatic rings. The number of hydrogen-bond acceptors (Lipinski definition) is 6. The summed E-state index contributed by atoms with van der Waals surface area (Å²) in [6.45, 7) is 3.62. The van der Waals surface area contributed by atoms with Crippen molar-refractivity contribution in [3.63, 3.8) is 0 Å². The van der Waals surface area contributed by atoms with Crippen LogP contribution in [-0.4, -0.2) is 99.7 Å². The molecule has 0 atom stereocenters. The Morgan fingerprint density at radius 3 is 2.50 bits per heavy atom. The molecule has 91 valence electrons. The van der Waals surface area contributed by atoms with Gasteiger partial charge in [0, 0.05) is 62.3 Å². The van der Waals surface area contributed by atoms with Crippen LogP contribution >= 0.6 is 0 Å². The van der Waals surface area contributed by atoms with Crippen molar-refractivity contribution in [2.24, 2.45) is 0 Å². The van der Waals surface area contributed by atoms with Gasteiger partial charge >= 0.3 is 0 Å². The molecule has 1 fully saturated rings. The maximum atomic E-state index is 11.3. The summed E-state index contributed by atoms with van der Waals surface area (Å²) < 4.78 is 27.1. The zero-order valence-electron chi connectivity index (χ0n) is 9.68. The van der Waals surface area contributed by atoms with Crippen molar-refractivity contribution >= 4 is 39.7 Å².